The Labute approximate surface area is 167 Å². The number of hydrogen-bond donors (Lipinski definition) is 2. The summed E-state index contributed by atoms with van der Waals surface area (Å²) in [6.45, 7) is 2.02. The molecule has 3 heterocycles. The van der Waals surface area contributed by atoms with Crippen LogP contribution in [0.3, 0.4) is 0 Å². The summed E-state index contributed by atoms with van der Waals surface area (Å²) in [6, 6.07) is 9.89. The van der Waals surface area contributed by atoms with Crippen molar-refractivity contribution in [3.63, 3.8) is 0 Å². The predicted octanol–water partition coefficient (Wildman–Crippen LogP) is 5.71. The summed E-state index contributed by atoms with van der Waals surface area (Å²) >= 11 is 6.43. The predicted molar refractivity (Wildman–Crippen MR) is 113 cm³/mol. The Morgan fingerprint density at radius 1 is 1.14 bits per heavy atom. The third kappa shape index (κ3) is 3.34. The number of aromatic nitrogens is 3. The van der Waals surface area contributed by atoms with Crippen LogP contribution in [-0.2, 0) is 0 Å². The summed E-state index contributed by atoms with van der Waals surface area (Å²) in [7, 11) is 0. The van der Waals surface area contributed by atoms with Gasteiger partial charge >= 0.3 is 0 Å². The van der Waals surface area contributed by atoms with E-state index in [0.29, 0.717) is 16.3 Å². The van der Waals surface area contributed by atoms with Crippen LogP contribution in [-0.4, -0.2) is 15.0 Å². The average Bonchev–Trinajstić information content (AvgIpc) is 3.22. The number of rotatable bonds is 4. The Hall–Kier alpha value is -3.62. The van der Waals surface area contributed by atoms with E-state index < -0.39 is 0 Å². The first-order valence-corrected chi connectivity index (χ1v) is 9.04. The summed E-state index contributed by atoms with van der Waals surface area (Å²) in [5, 5.41) is 14.6. The summed E-state index contributed by atoms with van der Waals surface area (Å²) in [5.74, 6) is 0. The maximum atomic E-state index is 9.58. The second-order valence-electron chi connectivity index (χ2n) is 6.30. The molecule has 1 aromatic carbocycles. The van der Waals surface area contributed by atoms with Crippen LogP contribution in [0.2, 0.25) is 5.02 Å². The van der Waals surface area contributed by atoms with Crippen molar-refractivity contribution < 1.29 is 0 Å². The number of H-pyrrole nitrogens is 1. The number of aryl methyl sites for hydroxylation is 1. The van der Waals surface area contributed by atoms with Gasteiger partial charge in [-0.25, -0.2) is 0 Å². The molecule has 4 rings (SSSR count). The van der Waals surface area contributed by atoms with Crippen molar-refractivity contribution in [2.45, 2.75) is 6.92 Å². The van der Waals surface area contributed by atoms with Gasteiger partial charge in [-0.05, 0) is 42.3 Å². The minimum atomic E-state index is 0.460. The molecular formula is C22H16ClN5. The fourth-order valence-corrected chi connectivity index (χ4v) is 3.35. The first-order valence-electron chi connectivity index (χ1n) is 8.67. The highest BCUT2D eigenvalue weighted by molar-refractivity contribution is 6.35. The number of nitrogens with one attached hydrogen (secondary N) is 2. The molecule has 3 aromatic heterocycles. The van der Waals surface area contributed by atoms with E-state index in [-0.39, 0.29) is 0 Å². The molecule has 0 atom stereocenters. The van der Waals surface area contributed by atoms with E-state index in [9.17, 15) is 5.26 Å². The Morgan fingerprint density at radius 3 is 2.75 bits per heavy atom. The summed E-state index contributed by atoms with van der Waals surface area (Å²) < 4.78 is 0. The second kappa shape index (κ2) is 7.55. The number of nitriles is 1. The number of pyridine rings is 2. The largest absolute Gasteiger partial charge is 0.360 e. The van der Waals surface area contributed by atoms with E-state index in [4.69, 9.17) is 11.6 Å². The summed E-state index contributed by atoms with van der Waals surface area (Å²) in [4.78, 5) is 11.4. The highest BCUT2D eigenvalue weighted by Crippen LogP contribution is 2.34. The van der Waals surface area contributed by atoms with Gasteiger partial charge in [-0.1, -0.05) is 23.8 Å². The molecule has 5 nitrogen and oxygen atoms in total. The highest BCUT2D eigenvalue weighted by Gasteiger charge is 2.13. The molecule has 0 saturated carbocycles. The number of halogens is 1. The van der Waals surface area contributed by atoms with Crippen LogP contribution < -0.4 is 5.32 Å². The quantitative estimate of drug-likeness (QED) is 0.472. The zero-order valence-electron chi connectivity index (χ0n) is 15.1. The normalized spacial score (nSPS) is 11.0. The van der Waals surface area contributed by atoms with E-state index in [1.54, 1.807) is 24.8 Å². The minimum Gasteiger partial charge on any atom is -0.360 e. The monoisotopic (exact) mass is 385 g/mol. The zero-order chi connectivity index (χ0) is 19.5. The first kappa shape index (κ1) is 17.8. The molecule has 0 aliphatic rings. The van der Waals surface area contributed by atoms with Crippen LogP contribution in [0.15, 0.2) is 55.2 Å². The number of fused-ring (bicyclic) bond motifs is 1. The van der Waals surface area contributed by atoms with Gasteiger partial charge in [0, 0.05) is 47.6 Å². The van der Waals surface area contributed by atoms with Crippen LogP contribution in [0.1, 0.15) is 22.3 Å². The van der Waals surface area contributed by atoms with Crippen molar-refractivity contribution in [2.75, 3.05) is 5.32 Å². The molecule has 28 heavy (non-hydrogen) atoms. The fourth-order valence-electron chi connectivity index (χ4n) is 3.08. The lowest BCUT2D eigenvalue weighted by molar-refractivity contribution is 1.28. The van der Waals surface area contributed by atoms with E-state index in [1.807, 2.05) is 49.5 Å². The Bertz CT molecular complexity index is 1220. The standard InChI is InChI=1S/C22H16ClN5/c1-14-18-6-9-27-22(18)19(23)10-20(14)28-21-16(12-26-13-17(21)11-24)3-2-15-4-7-25-8-5-15/h2-10,12-13,27H,1H3,(H,26,28). The molecule has 0 unspecified atom stereocenters. The van der Waals surface area contributed by atoms with Crippen molar-refractivity contribution in [3.05, 3.63) is 82.5 Å². The molecular weight excluding hydrogens is 370 g/mol. The third-order valence-corrected chi connectivity index (χ3v) is 4.88. The van der Waals surface area contributed by atoms with Crippen LogP contribution in [0, 0.1) is 18.3 Å². The molecule has 2 N–H and O–H groups in total. The maximum Gasteiger partial charge on any atom is 0.103 e. The van der Waals surface area contributed by atoms with Crippen molar-refractivity contribution in [2.24, 2.45) is 0 Å². The molecule has 136 valence electrons. The summed E-state index contributed by atoms with van der Waals surface area (Å²) in [6.07, 6.45) is 12.5. The number of anilines is 2. The fraction of sp³-hybridized carbons (Fsp3) is 0.0455. The van der Waals surface area contributed by atoms with E-state index >= 15 is 0 Å². The lowest BCUT2D eigenvalue weighted by Crippen LogP contribution is -2.00. The van der Waals surface area contributed by atoms with Gasteiger partial charge < -0.3 is 10.3 Å². The minimum absolute atomic E-state index is 0.460. The molecule has 0 bridgehead atoms. The lowest BCUT2D eigenvalue weighted by Gasteiger charge is -2.15. The maximum absolute atomic E-state index is 9.58. The topological polar surface area (TPSA) is 77.4 Å². The van der Waals surface area contributed by atoms with Gasteiger partial charge in [0.1, 0.15) is 6.07 Å². The second-order valence-corrected chi connectivity index (χ2v) is 6.71. The summed E-state index contributed by atoms with van der Waals surface area (Å²) in [5.41, 5.74) is 5.76. The van der Waals surface area contributed by atoms with Gasteiger partial charge in [0.15, 0.2) is 0 Å². The SMILES string of the molecule is Cc1c(Nc2c(C#N)cncc2C=Cc2ccncc2)cc(Cl)c2[nH]ccc12. The van der Waals surface area contributed by atoms with Crippen LogP contribution in [0.4, 0.5) is 11.4 Å². The van der Waals surface area contributed by atoms with Crippen LogP contribution in [0.5, 0.6) is 0 Å². The van der Waals surface area contributed by atoms with Gasteiger partial charge in [-0.15, -0.1) is 0 Å². The molecule has 0 spiro atoms. The van der Waals surface area contributed by atoms with Gasteiger partial charge in [-0.2, -0.15) is 5.26 Å². The smallest absolute Gasteiger partial charge is 0.103 e. The molecule has 6 heteroatoms. The van der Waals surface area contributed by atoms with Gasteiger partial charge in [0.05, 0.1) is 21.8 Å². The van der Waals surface area contributed by atoms with Crippen molar-refractivity contribution in [3.8, 4) is 6.07 Å². The number of benzene rings is 1. The zero-order valence-corrected chi connectivity index (χ0v) is 15.8. The van der Waals surface area contributed by atoms with Crippen molar-refractivity contribution in [1.82, 2.24) is 15.0 Å². The van der Waals surface area contributed by atoms with Gasteiger partial charge in [0.2, 0.25) is 0 Å². The molecule has 0 fully saturated rings. The first-order chi connectivity index (χ1) is 13.7. The molecule has 4 aromatic rings. The van der Waals surface area contributed by atoms with E-state index in [1.165, 1.54) is 0 Å². The number of aromatic amines is 1. The Balaban J connectivity index is 1.78. The molecule has 0 saturated heterocycles. The van der Waals surface area contributed by atoms with Crippen molar-refractivity contribution in [1.29, 1.82) is 5.26 Å². The average molecular weight is 386 g/mol. The van der Waals surface area contributed by atoms with Crippen molar-refractivity contribution >= 4 is 46.0 Å². The van der Waals surface area contributed by atoms with E-state index in [0.717, 1.165) is 33.3 Å². The van der Waals surface area contributed by atoms with Crippen LogP contribution >= 0.6 is 11.6 Å². The molecule has 0 aliphatic heterocycles. The molecule has 0 radical (unpaired) electrons. The highest BCUT2D eigenvalue weighted by atomic mass is 35.5. The van der Waals surface area contributed by atoms with Gasteiger partial charge in [-0.3, -0.25) is 9.97 Å². The lowest BCUT2D eigenvalue weighted by atomic mass is 10.1. The molecule has 0 amide bonds. The third-order valence-electron chi connectivity index (χ3n) is 4.58. The Morgan fingerprint density at radius 2 is 1.96 bits per heavy atom. The number of hydrogen-bond acceptors (Lipinski definition) is 4. The number of nitrogens with zero attached hydrogens (tertiary/aromatic N) is 3. The van der Waals surface area contributed by atoms with E-state index in [2.05, 4.69) is 26.3 Å². The van der Waals surface area contributed by atoms with Gasteiger partial charge in [0.25, 0.3) is 0 Å². The molecule has 0 aliphatic carbocycles. The Kier molecular flexibility index (Phi) is 4.79. The van der Waals surface area contributed by atoms with Crippen LogP contribution in [0.25, 0.3) is 23.1 Å².